The molecule has 0 aliphatic rings. The summed E-state index contributed by atoms with van der Waals surface area (Å²) in [4.78, 5) is 0. The Labute approximate surface area is 73.7 Å². The first-order valence-electron chi connectivity index (χ1n) is 2.97. The molecule has 0 saturated heterocycles. The molecule has 0 saturated carbocycles. The number of nitrogens with zero attached hydrogens (tertiary/aromatic N) is 2. The normalized spacial score (nSPS) is 9.00. The van der Waals surface area contributed by atoms with E-state index in [1.54, 1.807) is 18.0 Å². The summed E-state index contributed by atoms with van der Waals surface area (Å²) in [6.45, 7) is 3.60. The third kappa shape index (κ3) is 2.07. The monoisotopic (exact) mass is 182 g/mol. The van der Waals surface area contributed by atoms with E-state index in [4.69, 9.17) is 5.26 Å². The molecule has 0 atom stereocenters. The summed E-state index contributed by atoms with van der Waals surface area (Å²) < 4.78 is 4.89. The van der Waals surface area contributed by atoms with E-state index in [0.717, 1.165) is 9.96 Å². The third-order valence-corrected chi connectivity index (χ3v) is 3.05. The van der Waals surface area contributed by atoms with Gasteiger partial charge in [0.2, 0.25) is 0 Å². The summed E-state index contributed by atoms with van der Waals surface area (Å²) in [5, 5.41) is 8.58. The van der Waals surface area contributed by atoms with Crippen molar-refractivity contribution in [2.24, 2.45) is 0 Å². The molecule has 0 fully saturated rings. The highest BCUT2D eigenvalue weighted by molar-refractivity contribution is 8.01. The zero-order valence-electron chi connectivity index (χ0n) is 5.78. The van der Waals surface area contributed by atoms with Gasteiger partial charge in [-0.05, 0) is 11.5 Å². The van der Waals surface area contributed by atoms with Gasteiger partial charge in [0.25, 0.3) is 0 Å². The predicted molar refractivity (Wildman–Crippen MR) is 47.8 cm³/mol. The van der Waals surface area contributed by atoms with Crippen molar-refractivity contribution in [1.82, 2.24) is 4.37 Å². The molecule has 0 aliphatic carbocycles. The lowest BCUT2D eigenvalue weighted by Gasteiger charge is -1.89. The first kappa shape index (κ1) is 8.31. The molecular weight excluding hydrogens is 176 g/mol. The SMILES string of the molecule is C=CCSc1sncc1C#N. The van der Waals surface area contributed by atoms with Gasteiger partial charge in [0.15, 0.2) is 0 Å². The molecule has 0 aromatic carbocycles. The average Bonchev–Trinajstić information content (AvgIpc) is 2.47. The Morgan fingerprint density at radius 2 is 2.73 bits per heavy atom. The lowest BCUT2D eigenvalue weighted by molar-refractivity contribution is 1.44. The molecule has 2 nitrogen and oxygen atoms in total. The average molecular weight is 182 g/mol. The summed E-state index contributed by atoms with van der Waals surface area (Å²) in [5.41, 5.74) is 0.668. The van der Waals surface area contributed by atoms with Crippen LogP contribution in [0.15, 0.2) is 23.1 Å². The quantitative estimate of drug-likeness (QED) is 0.531. The zero-order chi connectivity index (χ0) is 8.10. The van der Waals surface area contributed by atoms with E-state index in [9.17, 15) is 0 Å². The fourth-order valence-corrected chi connectivity index (χ4v) is 2.06. The standard InChI is InChI=1S/C7H6N2S2/c1-2-3-10-7-6(4-8)5-9-11-7/h2,5H,1,3H2. The van der Waals surface area contributed by atoms with Crippen LogP contribution in [0.5, 0.6) is 0 Å². The molecule has 0 bridgehead atoms. The van der Waals surface area contributed by atoms with Crippen molar-refractivity contribution in [2.75, 3.05) is 5.75 Å². The maximum Gasteiger partial charge on any atom is 0.103 e. The van der Waals surface area contributed by atoms with Crippen molar-refractivity contribution in [1.29, 1.82) is 5.26 Å². The van der Waals surface area contributed by atoms with Crippen LogP contribution in [0.4, 0.5) is 0 Å². The van der Waals surface area contributed by atoms with Gasteiger partial charge in [-0.1, -0.05) is 6.08 Å². The number of thioether (sulfide) groups is 1. The van der Waals surface area contributed by atoms with Gasteiger partial charge >= 0.3 is 0 Å². The van der Waals surface area contributed by atoms with Crippen molar-refractivity contribution in [3.05, 3.63) is 24.4 Å². The summed E-state index contributed by atoms with van der Waals surface area (Å²) in [6, 6.07) is 2.08. The topological polar surface area (TPSA) is 36.7 Å². The Kier molecular flexibility index (Phi) is 3.14. The second-order valence-corrected chi connectivity index (χ2v) is 3.83. The van der Waals surface area contributed by atoms with Crippen LogP contribution in [0.25, 0.3) is 0 Å². The van der Waals surface area contributed by atoms with Crippen molar-refractivity contribution >= 4 is 23.3 Å². The van der Waals surface area contributed by atoms with E-state index in [2.05, 4.69) is 17.0 Å². The van der Waals surface area contributed by atoms with Gasteiger partial charge in [0.05, 0.1) is 16.0 Å². The number of aromatic nitrogens is 1. The van der Waals surface area contributed by atoms with Gasteiger partial charge < -0.3 is 0 Å². The summed E-state index contributed by atoms with van der Waals surface area (Å²) in [6.07, 6.45) is 3.40. The van der Waals surface area contributed by atoms with Gasteiger partial charge in [-0.25, -0.2) is 0 Å². The second-order valence-electron chi connectivity index (χ2n) is 1.74. The summed E-state index contributed by atoms with van der Waals surface area (Å²) in [5.74, 6) is 0.830. The van der Waals surface area contributed by atoms with E-state index < -0.39 is 0 Å². The minimum Gasteiger partial charge on any atom is -0.199 e. The Bertz CT molecular complexity index is 285. The third-order valence-electron chi connectivity index (χ3n) is 0.990. The van der Waals surface area contributed by atoms with E-state index in [1.807, 2.05) is 6.08 Å². The summed E-state index contributed by atoms with van der Waals surface area (Å²) in [7, 11) is 0. The van der Waals surface area contributed by atoms with Crippen molar-refractivity contribution in [3.63, 3.8) is 0 Å². The molecule has 0 radical (unpaired) electrons. The maximum atomic E-state index is 8.58. The van der Waals surface area contributed by atoms with E-state index >= 15 is 0 Å². The van der Waals surface area contributed by atoms with Crippen LogP contribution in [0, 0.1) is 11.3 Å². The number of rotatable bonds is 3. The van der Waals surface area contributed by atoms with Crippen molar-refractivity contribution in [3.8, 4) is 6.07 Å². The molecule has 0 amide bonds. The van der Waals surface area contributed by atoms with E-state index in [1.165, 1.54) is 11.5 Å². The van der Waals surface area contributed by atoms with Gasteiger partial charge in [0, 0.05) is 5.75 Å². The van der Waals surface area contributed by atoms with Gasteiger partial charge in [0.1, 0.15) is 6.07 Å². The Morgan fingerprint density at radius 3 is 3.36 bits per heavy atom. The Morgan fingerprint density at radius 1 is 1.91 bits per heavy atom. The minimum atomic E-state index is 0.668. The fourth-order valence-electron chi connectivity index (χ4n) is 0.542. The smallest absolute Gasteiger partial charge is 0.103 e. The molecule has 4 heteroatoms. The molecular formula is C7H6N2S2. The Balaban J connectivity index is 2.70. The van der Waals surface area contributed by atoms with E-state index in [0.29, 0.717) is 5.56 Å². The molecule has 1 aromatic rings. The van der Waals surface area contributed by atoms with Gasteiger partial charge in [-0.2, -0.15) is 9.64 Å². The highest BCUT2D eigenvalue weighted by Crippen LogP contribution is 2.25. The highest BCUT2D eigenvalue weighted by atomic mass is 32.2. The highest BCUT2D eigenvalue weighted by Gasteiger charge is 2.03. The molecule has 0 unspecified atom stereocenters. The molecule has 56 valence electrons. The van der Waals surface area contributed by atoms with Crippen LogP contribution in [0.2, 0.25) is 0 Å². The number of hydrogen-bond acceptors (Lipinski definition) is 4. The van der Waals surface area contributed by atoms with Crippen LogP contribution in [0.1, 0.15) is 5.56 Å². The number of hydrogen-bond donors (Lipinski definition) is 0. The molecule has 11 heavy (non-hydrogen) atoms. The van der Waals surface area contributed by atoms with Gasteiger partial charge in [-0.15, -0.1) is 18.3 Å². The molecule has 0 aliphatic heterocycles. The maximum absolute atomic E-state index is 8.58. The zero-order valence-corrected chi connectivity index (χ0v) is 7.41. The Hall–Kier alpha value is -0.790. The second kappa shape index (κ2) is 4.16. The molecule has 1 aromatic heterocycles. The van der Waals surface area contributed by atoms with E-state index in [-0.39, 0.29) is 0 Å². The molecule has 0 N–H and O–H groups in total. The van der Waals surface area contributed by atoms with Crippen LogP contribution >= 0.6 is 23.3 Å². The minimum absolute atomic E-state index is 0.668. The first-order chi connectivity index (χ1) is 5.38. The van der Waals surface area contributed by atoms with Gasteiger partial charge in [-0.3, -0.25) is 0 Å². The first-order valence-corrected chi connectivity index (χ1v) is 4.73. The largest absolute Gasteiger partial charge is 0.199 e. The fraction of sp³-hybridized carbons (Fsp3) is 0.143. The van der Waals surface area contributed by atoms with Crippen molar-refractivity contribution < 1.29 is 0 Å². The number of nitriles is 1. The predicted octanol–water partition coefficient (Wildman–Crippen LogP) is 2.29. The molecule has 0 spiro atoms. The van der Waals surface area contributed by atoms with Crippen molar-refractivity contribution in [2.45, 2.75) is 4.21 Å². The summed E-state index contributed by atoms with van der Waals surface area (Å²) >= 11 is 2.95. The lowest BCUT2D eigenvalue weighted by atomic mass is 10.4. The van der Waals surface area contributed by atoms with Crippen LogP contribution in [-0.4, -0.2) is 10.1 Å². The van der Waals surface area contributed by atoms with Crippen LogP contribution in [0.3, 0.4) is 0 Å². The van der Waals surface area contributed by atoms with Crippen LogP contribution in [-0.2, 0) is 0 Å². The lowest BCUT2D eigenvalue weighted by Crippen LogP contribution is -1.71. The molecule has 1 heterocycles. The molecule has 1 rings (SSSR count). The van der Waals surface area contributed by atoms with Crippen LogP contribution < -0.4 is 0 Å².